The van der Waals surface area contributed by atoms with Gasteiger partial charge < -0.3 is 0 Å². The molecule has 0 aromatic heterocycles. The van der Waals surface area contributed by atoms with E-state index in [4.69, 9.17) is 0 Å². The molecule has 2 aromatic rings. The van der Waals surface area contributed by atoms with Gasteiger partial charge in [0.25, 0.3) is 0 Å². The summed E-state index contributed by atoms with van der Waals surface area (Å²) in [4.78, 5) is 11.9. The minimum Gasteiger partial charge on any atom is -0.288 e. The molecule has 0 heterocycles. The number of ketones is 1. The fraction of sp³-hybridized carbons (Fsp3) is 0.435. The number of carbonyl (C=O) groups is 1. The van der Waals surface area contributed by atoms with Gasteiger partial charge in [-0.05, 0) is 42.7 Å². The Labute approximate surface area is 164 Å². The van der Waals surface area contributed by atoms with Crippen LogP contribution in [0.3, 0.4) is 0 Å². The van der Waals surface area contributed by atoms with Crippen molar-refractivity contribution in [2.45, 2.75) is 59.8 Å². The molecule has 2 aromatic carbocycles. The lowest BCUT2D eigenvalue weighted by atomic mass is 9.91. The molecule has 0 amide bonds. The molecule has 0 radical (unpaired) electrons. The van der Waals surface area contributed by atoms with Crippen LogP contribution in [-0.2, 0) is 0 Å². The maximum atomic E-state index is 13.6. The van der Waals surface area contributed by atoms with Crippen molar-refractivity contribution in [1.82, 2.24) is 0 Å². The van der Waals surface area contributed by atoms with Crippen molar-refractivity contribution in [1.29, 1.82) is 0 Å². The summed E-state index contributed by atoms with van der Waals surface area (Å²) in [6.45, 7) is 7.82. The van der Waals surface area contributed by atoms with E-state index >= 15 is 0 Å². The third-order valence-electron chi connectivity index (χ3n) is 4.43. The predicted molar refractivity (Wildman–Crippen MR) is 104 cm³/mol. The Morgan fingerprint density at radius 3 is 1.68 bits per heavy atom. The molecule has 154 valence electrons. The Hall–Kier alpha value is -2.17. The number of carbonyl (C=O) groups excluding carboxylic acids is 1. The van der Waals surface area contributed by atoms with Gasteiger partial charge in [0.15, 0.2) is 5.78 Å². The normalized spacial score (nSPS) is 13.7. The van der Waals surface area contributed by atoms with Crippen LogP contribution >= 0.6 is 0 Å². The summed E-state index contributed by atoms with van der Waals surface area (Å²) in [5.74, 6) is -4.17. The maximum Gasteiger partial charge on any atom is 0.199 e. The van der Waals surface area contributed by atoms with Gasteiger partial charge in [0, 0.05) is 11.6 Å². The Bertz CT molecular complexity index is 737. The SMILES string of the molecule is CC.CC1CCCCC1.Cc1cc(F)c(C(=O)c2cc(F)cc(F)c2)c(F)c1. The molecule has 5 heteroatoms. The molecule has 0 N–H and O–H groups in total. The van der Waals surface area contributed by atoms with Crippen LogP contribution in [0, 0.1) is 36.1 Å². The molecule has 0 spiro atoms. The van der Waals surface area contributed by atoms with Crippen LogP contribution < -0.4 is 0 Å². The van der Waals surface area contributed by atoms with E-state index in [-0.39, 0.29) is 0 Å². The zero-order chi connectivity index (χ0) is 21.3. The molecule has 1 fully saturated rings. The van der Waals surface area contributed by atoms with Gasteiger partial charge in [-0.3, -0.25) is 4.79 Å². The van der Waals surface area contributed by atoms with Crippen LogP contribution in [0.2, 0.25) is 0 Å². The van der Waals surface area contributed by atoms with Crippen molar-refractivity contribution < 1.29 is 22.4 Å². The van der Waals surface area contributed by atoms with Crippen molar-refractivity contribution >= 4 is 5.78 Å². The molecule has 1 aliphatic rings. The second-order valence-corrected chi connectivity index (χ2v) is 6.83. The molecule has 1 nitrogen and oxygen atoms in total. The first-order valence-electron chi connectivity index (χ1n) is 9.74. The number of hydrogen-bond donors (Lipinski definition) is 0. The van der Waals surface area contributed by atoms with E-state index in [0.29, 0.717) is 11.6 Å². The van der Waals surface area contributed by atoms with Crippen LogP contribution in [0.15, 0.2) is 30.3 Å². The van der Waals surface area contributed by atoms with E-state index in [1.54, 1.807) is 0 Å². The highest BCUT2D eigenvalue weighted by Gasteiger charge is 2.20. The molecule has 0 saturated heterocycles. The lowest BCUT2D eigenvalue weighted by Crippen LogP contribution is -2.09. The highest BCUT2D eigenvalue weighted by atomic mass is 19.1. The monoisotopic (exact) mass is 396 g/mol. The second kappa shape index (κ2) is 11.6. The summed E-state index contributed by atoms with van der Waals surface area (Å²) in [5.41, 5.74) is -0.966. The zero-order valence-electron chi connectivity index (χ0n) is 16.9. The summed E-state index contributed by atoms with van der Waals surface area (Å²) in [5, 5.41) is 0. The summed E-state index contributed by atoms with van der Waals surface area (Å²) in [6.07, 6.45) is 7.44. The first-order chi connectivity index (χ1) is 13.3. The molecule has 3 rings (SSSR count). The molecule has 0 unspecified atom stereocenters. The average molecular weight is 396 g/mol. The van der Waals surface area contributed by atoms with Gasteiger partial charge in [-0.25, -0.2) is 17.6 Å². The molecule has 1 aliphatic carbocycles. The third kappa shape index (κ3) is 7.10. The van der Waals surface area contributed by atoms with Gasteiger partial charge in [0.1, 0.15) is 23.3 Å². The minimum atomic E-state index is -1.10. The van der Waals surface area contributed by atoms with Gasteiger partial charge in [-0.1, -0.05) is 52.9 Å². The van der Waals surface area contributed by atoms with Crippen LogP contribution in [0.1, 0.15) is 74.4 Å². The van der Waals surface area contributed by atoms with Crippen molar-refractivity contribution in [2.24, 2.45) is 5.92 Å². The maximum absolute atomic E-state index is 13.6. The van der Waals surface area contributed by atoms with Crippen LogP contribution in [0.5, 0.6) is 0 Å². The van der Waals surface area contributed by atoms with Crippen molar-refractivity contribution in [2.75, 3.05) is 0 Å². The zero-order valence-corrected chi connectivity index (χ0v) is 16.9. The number of halogens is 4. The van der Waals surface area contributed by atoms with E-state index in [1.165, 1.54) is 39.0 Å². The molecule has 0 bridgehead atoms. The topological polar surface area (TPSA) is 17.1 Å². The average Bonchev–Trinajstić information content (AvgIpc) is 2.63. The van der Waals surface area contributed by atoms with Crippen LogP contribution in [0.4, 0.5) is 17.6 Å². The first kappa shape index (κ1) is 23.9. The molecule has 0 atom stereocenters. The lowest BCUT2D eigenvalue weighted by Gasteiger charge is -2.15. The van der Waals surface area contributed by atoms with Crippen molar-refractivity contribution in [3.8, 4) is 0 Å². The highest BCUT2D eigenvalue weighted by Crippen LogP contribution is 2.22. The van der Waals surface area contributed by atoms with E-state index in [1.807, 2.05) is 13.8 Å². The van der Waals surface area contributed by atoms with Crippen molar-refractivity contribution in [3.05, 3.63) is 70.3 Å². The summed E-state index contributed by atoms with van der Waals surface area (Å²) in [7, 11) is 0. The smallest absolute Gasteiger partial charge is 0.199 e. The summed E-state index contributed by atoms with van der Waals surface area (Å²) < 4.78 is 53.2. The highest BCUT2D eigenvalue weighted by molar-refractivity contribution is 6.09. The standard InChI is InChI=1S/C14H8F4O.C7H14.C2H6/c1-7-2-11(17)13(12(18)3-7)14(19)8-4-9(15)6-10(16)5-8;1-7-5-3-2-4-6-7;1-2/h2-6H,1H3;7H,2-6H2,1H3;1-2H3. The van der Waals surface area contributed by atoms with Gasteiger partial charge >= 0.3 is 0 Å². The molecular formula is C23H28F4O. The van der Waals surface area contributed by atoms with Gasteiger partial charge in [-0.15, -0.1) is 0 Å². The quantitative estimate of drug-likeness (QED) is 0.382. The Morgan fingerprint density at radius 1 is 0.821 bits per heavy atom. The second-order valence-electron chi connectivity index (χ2n) is 6.83. The van der Waals surface area contributed by atoms with Gasteiger partial charge in [0.05, 0.1) is 5.56 Å². The summed E-state index contributed by atoms with van der Waals surface area (Å²) in [6, 6.07) is 3.98. The Balaban J connectivity index is 0.000000363. The van der Waals surface area contributed by atoms with Crippen LogP contribution in [0.25, 0.3) is 0 Å². The first-order valence-corrected chi connectivity index (χ1v) is 9.74. The minimum absolute atomic E-state index is 0.303. The molecule has 28 heavy (non-hydrogen) atoms. The number of benzene rings is 2. The van der Waals surface area contributed by atoms with Gasteiger partial charge in [0.2, 0.25) is 0 Å². The molecular weight excluding hydrogens is 368 g/mol. The van der Waals surface area contributed by atoms with E-state index in [9.17, 15) is 22.4 Å². The fourth-order valence-corrected chi connectivity index (χ4v) is 3.05. The summed E-state index contributed by atoms with van der Waals surface area (Å²) >= 11 is 0. The van der Waals surface area contributed by atoms with E-state index in [2.05, 4.69) is 6.92 Å². The Kier molecular flexibility index (Phi) is 9.91. The van der Waals surface area contributed by atoms with Gasteiger partial charge in [-0.2, -0.15) is 0 Å². The number of rotatable bonds is 2. The Morgan fingerprint density at radius 2 is 1.29 bits per heavy atom. The largest absolute Gasteiger partial charge is 0.288 e. The van der Waals surface area contributed by atoms with E-state index < -0.39 is 40.2 Å². The van der Waals surface area contributed by atoms with E-state index in [0.717, 1.165) is 30.2 Å². The molecule has 0 aliphatic heterocycles. The lowest BCUT2D eigenvalue weighted by molar-refractivity contribution is 0.103. The number of hydrogen-bond acceptors (Lipinski definition) is 1. The predicted octanol–water partition coefficient (Wildman–Crippen LogP) is 7.40. The van der Waals surface area contributed by atoms with Crippen molar-refractivity contribution in [3.63, 3.8) is 0 Å². The fourth-order valence-electron chi connectivity index (χ4n) is 3.05. The number of aryl methyl sites for hydroxylation is 1. The third-order valence-corrected chi connectivity index (χ3v) is 4.43. The van der Waals surface area contributed by atoms with Crippen LogP contribution in [-0.4, -0.2) is 5.78 Å². The molecule has 1 saturated carbocycles.